The molecule has 0 heterocycles. The molecule has 0 amide bonds. The van der Waals surface area contributed by atoms with Crippen molar-refractivity contribution in [2.45, 2.75) is 341 Å². The van der Waals surface area contributed by atoms with Gasteiger partial charge in [0.05, 0.1) is 0 Å². The molecule has 0 aliphatic rings. The Morgan fingerprint density at radius 2 is 0.513 bits per heavy atom. The molecule has 0 aliphatic carbocycles. The maximum Gasteiger partial charge on any atom is 0.306 e. The highest BCUT2D eigenvalue weighted by Gasteiger charge is 2.19. The summed E-state index contributed by atoms with van der Waals surface area (Å²) in [5, 5.41) is 0. The maximum absolute atomic E-state index is 12.9. The van der Waals surface area contributed by atoms with Gasteiger partial charge in [0.1, 0.15) is 13.2 Å². The minimum absolute atomic E-state index is 0.0922. The van der Waals surface area contributed by atoms with E-state index in [4.69, 9.17) is 14.2 Å². The lowest BCUT2D eigenvalue weighted by molar-refractivity contribution is -0.167. The van der Waals surface area contributed by atoms with Crippen LogP contribution in [0.4, 0.5) is 0 Å². The first-order valence-electron chi connectivity index (χ1n) is 33.6. The molecule has 0 aromatic rings. The van der Waals surface area contributed by atoms with Crippen molar-refractivity contribution in [3.8, 4) is 0 Å². The van der Waals surface area contributed by atoms with Crippen LogP contribution in [0.5, 0.6) is 0 Å². The minimum Gasteiger partial charge on any atom is -0.462 e. The SMILES string of the molecule is CC/C=C\C/C=C\C/C=C\C/C=C\C/C=C\CCCCCC(=O)OC(COC(=O)CCCCCCC/C=C\C/C=C\CCCC)COC(=O)CCCCCCCCCCCCCCCCCCCCCCCCCCCCC. The Morgan fingerprint density at radius 1 is 0.269 bits per heavy atom. The van der Waals surface area contributed by atoms with Crippen molar-refractivity contribution in [3.63, 3.8) is 0 Å². The first kappa shape index (κ1) is 74.6. The molecule has 6 heteroatoms. The summed E-state index contributed by atoms with van der Waals surface area (Å²) >= 11 is 0. The van der Waals surface area contributed by atoms with Crippen LogP contribution in [0.1, 0.15) is 335 Å². The van der Waals surface area contributed by atoms with Crippen LogP contribution in [-0.2, 0) is 28.6 Å². The molecule has 0 N–H and O–H groups in total. The number of ether oxygens (including phenoxy) is 3. The summed E-state index contributed by atoms with van der Waals surface area (Å²) in [5.41, 5.74) is 0. The van der Waals surface area contributed by atoms with Gasteiger partial charge in [-0.15, -0.1) is 0 Å². The molecule has 0 fully saturated rings. The summed E-state index contributed by atoms with van der Waals surface area (Å²) in [6, 6.07) is 0. The number of unbranched alkanes of at least 4 members (excludes halogenated alkanes) is 36. The van der Waals surface area contributed by atoms with Crippen molar-refractivity contribution in [2.24, 2.45) is 0 Å². The van der Waals surface area contributed by atoms with E-state index in [1.807, 2.05) is 0 Å². The number of carbonyl (C=O) groups excluding carboxylic acids is 3. The molecule has 1 atom stereocenters. The quantitative estimate of drug-likeness (QED) is 0.0261. The van der Waals surface area contributed by atoms with Crippen LogP contribution in [-0.4, -0.2) is 37.2 Å². The summed E-state index contributed by atoms with van der Waals surface area (Å²) in [5.74, 6) is -0.925. The standard InChI is InChI=1S/C72H126O6/c1-4-7-10-13-16-19-22-25-28-30-32-33-34-35-36-37-38-39-41-42-44-47-50-53-56-59-62-65-71(74)77-68-69(67-76-70(73)64-61-58-55-52-49-46-27-24-21-18-15-12-9-6-3)78-72(75)66-63-60-57-54-51-48-45-43-40-31-29-26-23-20-17-14-11-8-5-2/h8,11,15,17-18,20,24,26-27,29,40,43,48,51,69H,4-7,9-10,12-14,16,19,21-23,25,28,30-39,41-42,44-47,49-50,52-68H2,1-3H3/b11-8-,18-15-,20-17-,27-24-,29-26-,43-40-,51-48-. The van der Waals surface area contributed by atoms with Gasteiger partial charge in [-0.05, 0) is 89.9 Å². The van der Waals surface area contributed by atoms with Gasteiger partial charge in [-0.1, -0.05) is 311 Å². The van der Waals surface area contributed by atoms with E-state index in [2.05, 4.69) is 106 Å². The van der Waals surface area contributed by atoms with Crippen molar-refractivity contribution < 1.29 is 28.6 Å². The molecular weight excluding hydrogens is 961 g/mol. The highest BCUT2D eigenvalue weighted by atomic mass is 16.6. The van der Waals surface area contributed by atoms with Gasteiger partial charge in [0.15, 0.2) is 6.10 Å². The molecule has 0 aliphatic heterocycles. The zero-order valence-electron chi connectivity index (χ0n) is 51.7. The molecule has 0 aromatic carbocycles. The minimum atomic E-state index is -0.801. The third-order valence-electron chi connectivity index (χ3n) is 14.6. The summed E-state index contributed by atoms with van der Waals surface area (Å²) in [6.45, 7) is 6.49. The van der Waals surface area contributed by atoms with E-state index in [1.165, 1.54) is 173 Å². The Balaban J connectivity index is 4.30. The predicted molar refractivity (Wildman–Crippen MR) is 339 cm³/mol. The zero-order chi connectivity index (χ0) is 56.4. The van der Waals surface area contributed by atoms with E-state index in [1.54, 1.807) is 0 Å². The van der Waals surface area contributed by atoms with Crippen LogP contribution < -0.4 is 0 Å². The number of rotatable bonds is 61. The Bertz CT molecular complexity index is 1480. The summed E-state index contributed by atoms with van der Waals surface area (Å²) in [6.07, 6.45) is 87.5. The van der Waals surface area contributed by atoms with E-state index in [0.717, 1.165) is 122 Å². The fourth-order valence-electron chi connectivity index (χ4n) is 9.61. The van der Waals surface area contributed by atoms with Crippen molar-refractivity contribution in [3.05, 3.63) is 85.1 Å². The fraction of sp³-hybridized carbons (Fsp3) is 0.764. The van der Waals surface area contributed by atoms with E-state index >= 15 is 0 Å². The van der Waals surface area contributed by atoms with Crippen LogP contribution >= 0.6 is 0 Å². The summed E-state index contributed by atoms with van der Waals surface area (Å²) in [4.78, 5) is 38.3. The monoisotopic (exact) mass is 1090 g/mol. The van der Waals surface area contributed by atoms with Crippen molar-refractivity contribution in [1.29, 1.82) is 0 Å². The van der Waals surface area contributed by atoms with Gasteiger partial charge < -0.3 is 14.2 Å². The van der Waals surface area contributed by atoms with Gasteiger partial charge in [0, 0.05) is 19.3 Å². The molecule has 0 saturated carbocycles. The lowest BCUT2D eigenvalue weighted by Crippen LogP contribution is -2.30. The number of hydrogen-bond donors (Lipinski definition) is 0. The van der Waals surface area contributed by atoms with Crippen LogP contribution in [0.25, 0.3) is 0 Å². The molecular formula is C72H126O6. The molecule has 78 heavy (non-hydrogen) atoms. The molecule has 0 rings (SSSR count). The van der Waals surface area contributed by atoms with E-state index in [0.29, 0.717) is 12.8 Å². The Morgan fingerprint density at radius 3 is 0.833 bits per heavy atom. The normalized spacial score (nSPS) is 12.6. The average Bonchev–Trinajstić information content (AvgIpc) is 3.44. The molecule has 6 nitrogen and oxygen atoms in total. The van der Waals surface area contributed by atoms with Gasteiger partial charge in [-0.2, -0.15) is 0 Å². The van der Waals surface area contributed by atoms with Gasteiger partial charge in [-0.3, -0.25) is 14.4 Å². The van der Waals surface area contributed by atoms with E-state index < -0.39 is 6.10 Å². The Hall–Kier alpha value is -3.41. The highest BCUT2D eigenvalue weighted by Crippen LogP contribution is 2.18. The van der Waals surface area contributed by atoms with Crippen molar-refractivity contribution in [1.82, 2.24) is 0 Å². The number of allylic oxidation sites excluding steroid dienone is 14. The van der Waals surface area contributed by atoms with Crippen LogP contribution in [0.2, 0.25) is 0 Å². The van der Waals surface area contributed by atoms with E-state index in [-0.39, 0.29) is 37.5 Å². The lowest BCUT2D eigenvalue weighted by atomic mass is 10.0. The number of esters is 3. The van der Waals surface area contributed by atoms with Crippen molar-refractivity contribution >= 4 is 17.9 Å². The second kappa shape index (κ2) is 66.1. The maximum atomic E-state index is 12.9. The third-order valence-corrected chi connectivity index (χ3v) is 14.6. The van der Waals surface area contributed by atoms with Gasteiger partial charge >= 0.3 is 17.9 Å². The second-order valence-corrected chi connectivity index (χ2v) is 22.4. The fourth-order valence-corrected chi connectivity index (χ4v) is 9.61. The molecule has 1 unspecified atom stereocenters. The number of carbonyl (C=O) groups is 3. The Kier molecular flexibility index (Phi) is 63.2. The average molecular weight is 1090 g/mol. The first-order valence-corrected chi connectivity index (χ1v) is 33.6. The smallest absolute Gasteiger partial charge is 0.306 e. The largest absolute Gasteiger partial charge is 0.462 e. The predicted octanol–water partition coefficient (Wildman–Crippen LogP) is 23.1. The summed E-state index contributed by atoms with van der Waals surface area (Å²) < 4.78 is 16.9. The first-order chi connectivity index (χ1) is 38.5. The van der Waals surface area contributed by atoms with Crippen LogP contribution in [0.15, 0.2) is 85.1 Å². The zero-order valence-corrected chi connectivity index (χ0v) is 51.7. The molecule has 0 bridgehead atoms. The topological polar surface area (TPSA) is 78.9 Å². The van der Waals surface area contributed by atoms with E-state index in [9.17, 15) is 14.4 Å². The molecule has 0 saturated heterocycles. The highest BCUT2D eigenvalue weighted by molar-refractivity contribution is 5.71. The van der Waals surface area contributed by atoms with Gasteiger partial charge in [-0.25, -0.2) is 0 Å². The summed E-state index contributed by atoms with van der Waals surface area (Å²) in [7, 11) is 0. The van der Waals surface area contributed by atoms with Gasteiger partial charge in [0.25, 0.3) is 0 Å². The Labute approximate surface area is 484 Å². The molecule has 450 valence electrons. The van der Waals surface area contributed by atoms with Crippen LogP contribution in [0.3, 0.4) is 0 Å². The lowest BCUT2D eigenvalue weighted by Gasteiger charge is -2.18. The van der Waals surface area contributed by atoms with Gasteiger partial charge in [0.2, 0.25) is 0 Å². The third kappa shape index (κ3) is 63.4. The molecule has 0 radical (unpaired) electrons. The second-order valence-electron chi connectivity index (χ2n) is 22.4. The molecule has 0 aromatic heterocycles. The van der Waals surface area contributed by atoms with Crippen molar-refractivity contribution in [2.75, 3.05) is 13.2 Å². The van der Waals surface area contributed by atoms with Crippen LogP contribution in [0, 0.1) is 0 Å². The number of hydrogen-bond acceptors (Lipinski definition) is 6. The molecule has 0 spiro atoms.